The van der Waals surface area contributed by atoms with Crippen LogP contribution in [0.3, 0.4) is 0 Å². The molecule has 0 spiro atoms. The lowest BCUT2D eigenvalue weighted by Gasteiger charge is -2.26. The van der Waals surface area contributed by atoms with Gasteiger partial charge in [0.15, 0.2) is 6.04 Å². The molecule has 1 aromatic rings. The van der Waals surface area contributed by atoms with Gasteiger partial charge in [-0.15, -0.1) is 0 Å². The second-order valence-electron chi connectivity index (χ2n) is 8.08. The number of nitrogens with one attached hydrogen (secondary N) is 3. The molecule has 35 heavy (non-hydrogen) atoms. The fraction of sp³-hybridized carbons (Fsp3) is 0.500. The first-order valence-electron chi connectivity index (χ1n) is 10.8. The minimum atomic E-state index is -1.65. The Kier molecular flexibility index (Phi) is 11.8. The summed E-state index contributed by atoms with van der Waals surface area (Å²) in [4.78, 5) is 60.5. The van der Waals surface area contributed by atoms with Gasteiger partial charge in [-0.2, -0.15) is 0 Å². The van der Waals surface area contributed by atoms with Crippen molar-refractivity contribution < 1.29 is 44.4 Å². The molecule has 0 aliphatic carbocycles. The van der Waals surface area contributed by atoms with Gasteiger partial charge in [-0.1, -0.05) is 30.3 Å². The van der Waals surface area contributed by atoms with E-state index in [4.69, 9.17) is 10.8 Å². The largest absolute Gasteiger partial charge is 0.481 e. The predicted octanol–water partition coefficient (Wildman–Crippen LogP) is -2.28. The van der Waals surface area contributed by atoms with Crippen LogP contribution in [0.15, 0.2) is 30.3 Å². The van der Waals surface area contributed by atoms with Crippen molar-refractivity contribution >= 4 is 29.7 Å². The van der Waals surface area contributed by atoms with E-state index in [9.17, 15) is 39.3 Å². The molecule has 0 aliphatic heterocycles. The number of nitrogens with two attached hydrogens (primary N) is 1. The molecule has 0 saturated heterocycles. The van der Waals surface area contributed by atoms with Crippen LogP contribution in [0.1, 0.15) is 32.3 Å². The number of aliphatic hydroxyl groups excluding tert-OH is 2. The smallest absolute Gasteiger partial charge is 0.328 e. The van der Waals surface area contributed by atoms with Crippen LogP contribution in [0.2, 0.25) is 0 Å². The van der Waals surface area contributed by atoms with E-state index in [1.165, 1.54) is 13.8 Å². The maximum Gasteiger partial charge on any atom is 0.328 e. The fourth-order valence-corrected chi connectivity index (χ4v) is 3.00. The number of carbonyl (C=O) groups is 5. The summed E-state index contributed by atoms with van der Waals surface area (Å²) >= 11 is 0. The van der Waals surface area contributed by atoms with Crippen molar-refractivity contribution in [3.8, 4) is 0 Å². The third kappa shape index (κ3) is 10.1. The Labute approximate surface area is 201 Å². The number of carboxylic acids is 2. The summed E-state index contributed by atoms with van der Waals surface area (Å²) in [6, 6.07) is 2.66. The summed E-state index contributed by atoms with van der Waals surface area (Å²) in [6.07, 6.45) is -3.60. The standard InChI is InChI=1S/C22H32N4O9/c1-11(27)17(23)21(33)24-14(8-9-16(29)30)19(31)25-15(10-13-6-4-3-5-7-13)20(32)26-18(12(2)28)22(34)35/h3-7,11-12,14-15,17-18,27-28H,8-10,23H2,1-2H3,(H,24,33)(H,25,31)(H,26,32)(H,29,30)(H,34,35). The summed E-state index contributed by atoms with van der Waals surface area (Å²) in [5.41, 5.74) is 6.18. The van der Waals surface area contributed by atoms with Crippen molar-refractivity contribution in [1.82, 2.24) is 16.0 Å². The summed E-state index contributed by atoms with van der Waals surface area (Å²) in [7, 11) is 0. The molecule has 13 heteroatoms. The van der Waals surface area contributed by atoms with E-state index in [1.807, 2.05) is 0 Å². The van der Waals surface area contributed by atoms with Crippen molar-refractivity contribution in [1.29, 1.82) is 0 Å². The SMILES string of the molecule is CC(O)C(N)C(=O)NC(CCC(=O)O)C(=O)NC(Cc1ccccc1)C(=O)NC(C(=O)O)C(C)O. The minimum absolute atomic E-state index is 0.0721. The fourth-order valence-electron chi connectivity index (χ4n) is 3.00. The topological polar surface area (TPSA) is 228 Å². The molecule has 13 nitrogen and oxygen atoms in total. The molecule has 0 bridgehead atoms. The quantitative estimate of drug-likeness (QED) is 0.138. The molecular formula is C22H32N4O9. The van der Waals surface area contributed by atoms with Gasteiger partial charge in [-0.05, 0) is 25.8 Å². The Morgan fingerprint density at radius 2 is 1.37 bits per heavy atom. The molecule has 1 rings (SSSR count). The molecule has 194 valence electrons. The van der Waals surface area contributed by atoms with Crippen LogP contribution in [0, 0.1) is 0 Å². The second-order valence-corrected chi connectivity index (χ2v) is 8.08. The maximum absolute atomic E-state index is 13.0. The zero-order valence-corrected chi connectivity index (χ0v) is 19.4. The van der Waals surface area contributed by atoms with Crippen LogP contribution in [0.25, 0.3) is 0 Å². The van der Waals surface area contributed by atoms with Gasteiger partial charge in [0.1, 0.15) is 18.1 Å². The monoisotopic (exact) mass is 496 g/mol. The van der Waals surface area contributed by atoms with Gasteiger partial charge < -0.3 is 42.1 Å². The average molecular weight is 497 g/mol. The van der Waals surface area contributed by atoms with E-state index in [0.29, 0.717) is 5.56 Å². The van der Waals surface area contributed by atoms with Crippen LogP contribution in [-0.4, -0.2) is 86.5 Å². The van der Waals surface area contributed by atoms with Gasteiger partial charge in [0.25, 0.3) is 0 Å². The van der Waals surface area contributed by atoms with Crippen molar-refractivity contribution in [2.24, 2.45) is 5.73 Å². The van der Waals surface area contributed by atoms with Crippen molar-refractivity contribution in [2.45, 2.75) is 69.5 Å². The highest BCUT2D eigenvalue weighted by Crippen LogP contribution is 2.07. The molecule has 9 N–H and O–H groups in total. The van der Waals surface area contributed by atoms with Gasteiger partial charge in [0, 0.05) is 12.8 Å². The van der Waals surface area contributed by atoms with Gasteiger partial charge in [-0.25, -0.2) is 4.79 Å². The summed E-state index contributed by atoms with van der Waals surface area (Å²) in [5.74, 6) is -5.47. The highest BCUT2D eigenvalue weighted by Gasteiger charge is 2.32. The number of aliphatic hydroxyl groups is 2. The Balaban J connectivity index is 3.15. The molecule has 6 unspecified atom stereocenters. The second kappa shape index (κ2) is 14.0. The van der Waals surface area contributed by atoms with Gasteiger partial charge in [0.05, 0.1) is 12.2 Å². The van der Waals surface area contributed by atoms with Crippen molar-refractivity contribution in [3.63, 3.8) is 0 Å². The number of aliphatic carboxylic acids is 2. The molecular weight excluding hydrogens is 464 g/mol. The first-order chi connectivity index (χ1) is 16.3. The number of hydrogen-bond donors (Lipinski definition) is 8. The summed E-state index contributed by atoms with van der Waals surface area (Å²) in [5, 5.41) is 44.3. The van der Waals surface area contributed by atoms with E-state index in [2.05, 4.69) is 16.0 Å². The van der Waals surface area contributed by atoms with Crippen LogP contribution in [0.5, 0.6) is 0 Å². The first kappa shape index (κ1) is 29.5. The zero-order valence-electron chi connectivity index (χ0n) is 19.4. The van der Waals surface area contributed by atoms with Gasteiger partial charge in [0.2, 0.25) is 17.7 Å². The predicted molar refractivity (Wildman–Crippen MR) is 122 cm³/mol. The highest BCUT2D eigenvalue weighted by molar-refractivity contribution is 5.94. The number of benzene rings is 1. The van der Waals surface area contributed by atoms with Crippen LogP contribution >= 0.6 is 0 Å². The van der Waals surface area contributed by atoms with E-state index in [1.54, 1.807) is 30.3 Å². The molecule has 6 atom stereocenters. The molecule has 0 saturated carbocycles. The minimum Gasteiger partial charge on any atom is -0.481 e. The maximum atomic E-state index is 13.0. The lowest BCUT2D eigenvalue weighted by molar-refractivity contribution is -0.145. The molecule has 0 aromatic heterocycles. The average Bonchev–Trinajstić information content (AvgIpc) is 2.78. The van der Waals surface area contributed by atoms with E-state index >= 15 is 0 Å². The van der Waals surface area contributed by atoms with Crippen LogP contribution in [0.4, 0.5) is 0 Å². The Hall–Kier alpha value is -3.55. The van der Waals surface area contributed by atoms with Crippen molar-refractivity contribution in [3.05, 3.63) is 35.9 Å². The van der Waals surface area contributed by atoms with E-state index in [0.717, 1.165) is 0 Å². The summed E-state index contributed by atoms with van der Waals surface area (Å²) in [6.45, 7) is 2.44. The van der Waals surface area contributed by atoms with Crippen LogP contribution in [-0.2, 0) is 30.4 Å². The highest BCUT2D eigenvalue weighted by atomic mass is 16.4. The third-order valence-electron chi connectivity index (χ3n) is 5.06. The van der Waals surface area contributed by atoms with E-state index in [-0.39, 0.29) is 12.8 Å². The number of carbonyl (C=O) groups excluding carboxylic acids is 3. The first-order valence-corrected chi connectivity index (χ1v) is 10.8. The lowest BCUT2D eigenvalue weighted by Crippen LogP contribution is -2.59. The molecule has 0 aliphatic rings. The van der Waals surface area contributed by atoms with Gasteiger partial charge in [-0.3, -0.25) is 19.2 Å². The number of amides is 3. The Morgan fingerprint density at radius 3 is 1.86 bits per heavy atom. The third-order valence-corrected chi connectivity index (χ3v) is 5.06. The lowest BCUT2D eigenvalue weighted by atomic mass is 10.0. The number of hydrogen-bond acceptors (Lipinski definition) is 8. The Bertz CT molecular complexity index is 892. The van der Waals surface area contributed by atoms with Crippen molar-refractivity contribution in [2.75, 3.05) is 0 Å². The van der Waals surface area contributed by atoms with Crippen LogP contribution < -0.4 is 21.7 Å². The Morgan fingerprint density at radius 1 is 0.829 bits per heavy atom. The number of carboxylic acid groups (broad SMARTS) is 2. The number of rotatable bonds is 14. The summed E-state index contributed by atoms with van der Waals surface area (Å²) < 4.78 is 0. The molecule has 0 fully saturated rings. The van der Waals surface area contributed by atoms with Gasteiger partial charge >= 0.3 is 11.9 Å². The zero-order chi connectivity index (χ0) is 26.7. The molecule has 1 aromatic carbocycles. The molecule has 0 heterocycles. The van der Waals surface area contributed by atoms with E-state index < -0.39 is 72.5 Å². The molecule has 3 amide bonds. The normalized spacial score (nSPS) is 16.0. The molecule has 0 radical (unpaired) electrons.